The molecular weight excluding hydrogens is 290 g/mol. The Morgan fingerprint density at radius 3 is 2.44 bits per heavy atom. The molecule has 0 aromatic heterocycles. The van der Waals surface area contributed by atoms with Crippen LogP contribution in [0.2, 0.25) is 0 Å². The van der Waals surface area contributed by atoms with Gasteiger partial charge < -0.3 is 0 Å². The van der Waals surface area contributed by atoms with Crippen molar-refractivity contribution in [1.82, 2.24) is 4.72 Å². The summed E-state index contributed by atoms with van der Waals surface area (Å²) in [6.45, 7) is 2.34. The highest BCUT2D eigenvalue weighted by Gasteiger charge is 2.08. The van der Waals surface area contributed by atoms with Gasteiger partial charge in [-0.2, -0.15) is 0 Å². The first-order valence-corrected chi connectivity index (χ1v) is 7.70. The summed E-state index contributed by atoms with van der Waals surface area (Å²) in [5.74, 6) is 0.208. The molecule has 0 saturated heterocycles. The fraction of sp³-hybridized carbons (Fsp3) is 0.455. The van der Waals surface area contributed by atoms with Gasteiger partial charge in [0.05, 0.1) is 5.75 Å². The molecule has 0 bridgehead atoms. The number of hydrogen-bond acceptors (Lipinski definition) is 2. The molecule has 1 rings (SSSR count). The zero-order valence-corrected chi connectivity index (χ0v) is 11.6. The van der Waals surface area contributed by atoms with E-state index in [1.165, 1.54) is 0 Å². The first-order chi connectivity index (χ1) is 7.53. The maximum atomic E-state index is 11.5. The Labute approximate surface area is 105 Å². The number of benzene rings is 1. The lowest BCUT2D eigenvalue weighted by Gasteiger charge is -2.06. The Kier molecular flexibility index (Phi) is 5.44. The molecule has 5 heteroatoms. The van der Waals surface area contributed by atoms with E-state index in [0.29, 0.717) is 13.0 Å². The summed E-state index contributed by atoms with van der Waals surface area (Å²) in [6, 6.07) is 7.59. The Hall–Kier alpha value is -0.390. The number of unbranched alkanes of at least 4 members (excludes halogenated alkanes) is 1. The summed E-state index contributed by atoms with van der Waals surface area (Å²) >= 11 is 3.33. The molecule has 0 atom stereocenters. The van der Waals surface area contributed by atoms with Crippen LogP contribution < -0.4 is 4.72 Å². The van der Waals surface area contributed by atoms with Crippen LogP contribution >= 0.6 is 15.9 Å². The molecule has 1 aromatic rings. The second kappa shape index (κ2) is 6.37. The lowest BCUT2D eigenvalue weighted by atomic mass is 10.2. The molecule has 0 heterocycles. The summed E-state index contributed by atoms with van der Waals surface area (Å²) in [6.07, 6.45) is 1.59. The van der Waals surface area contributed by atoms with Crippen LogP contribution in [0, 0.1) is 0 Å². The van der Waals surface area contributed by atoms with Gasteiger partial charge in [0.15, 0.2) is 0 Å². The number of hydrogen-bond donors (Lipinski definition) is 1. The van der Waals surface area contributed by atoms with Gasteiger partial charge in [0, 0.05) is 11.0 Å². The van der Waals surface area contributed by atoms with Crippen LogP contribution in [0.1, 0.15) is 25.3 Å². The van der Waals surface area contributed by atoms with E-state index in [9.17, 15) is 8.42 Å². The zero-order valence-electron chi connectivity index (χ0n) is 9.24. The van der Waals surface area contributed by atoms with Gasteiger partial charge >= 0.3 is 0 Å². The van der Waals surface area contributed by atoms with Crippen LogP contribution in [-0.4, -0.2) is 14.2 Å². The first kappa shape index (κ1) is 13.7. The number of halogens is 1. The molecule has 0 aliphatic heterocycles. The van der Waals surface area contributed by atoms with Crippen molar-refractivity contribution in [3.8, 4) is 0 Å². The molecule has 0 spiro atoms. The van der Waals surface area contributed by atoms with Crippen LogP contribution in [0.3, 0.4) is 0 Å². The summed E-state index contributed by atoms with van der Waals surface area (Å²) in [5, 5.41) is 0. The van der Waals surface area contributed by atoms with Gasteiger partial charge in [-0.05, 0) is 24.1 Å². The van der Waals surface area contributed by atoms with Gasteiger partial charge in [-0.3, -0.25) is 0 Å². The quantitative estimate of drug-likeness (QED) is 0.878. The maximum absolute atomic E-state index is 11.5. The highest BCUT2D eigenvalue weighted by atomic mass is 79.9. The summed E-state index contributed by atoms with van der Waals surface area (Å²) < 4.78 is 26.6. The van der Waals surface area contributed by atoms with Crippen molar-refractivity contribution in [1.29, 1.82) is 0 Å². The molecule has 1 aromatic carbocycles. The fourth-order valence-corrected chi connectivity index (χ4v) is 2.67. The monoisotopic (exact) mass is 305 g/mol. The summed E-state index contributed by atoms with van der Waals surface area (Å²) in [5.41, 5.74) is 0.961. The Balaban J connectivity index is 2.48. The molecule has 1 N–H and O–H groups in total. The second-order valence-electron chi connectivity index (χ2n) is 3.62. The van der Waals surface area contributed by atoms with Crippen molar-refractivity contribution in [3.63, 3.8) is 0 Å². The minimum atomic E-state index is -3.11. The number of nitrogens with one attached hydrogen (secondary N) is 1. The zero-order chi connectivity index (χ0) is 12.0. The standard InChI is InChI=1S/C11H16BrNO2S/c1-2-3-8-16(14,15)13-9-10-4-6-11(12)7-5-10/h4-7,13H,2-3,8-9H2,1H3. The number of sulfonamides is 1. The molecule has 3 nitrogen and oxygen atoms in total. The highest BCUT2D eigenvalue weighted by Crippen LogP contribution is 2.10. The van der Waals surface area contributed by atoms with Crippen LogP contribution in [-0.2, 0) is 16.6 Å². The maximum Gasteiger partial charge on any atom is 0.211 e. The van der Waals surface area contributed by atoms with Crippen molar-refractivity contribution in [2.24, 2.45) is 0 Å². The number of rotatable bonds is 6. The van der Waals surface area contributed by atoms with E-state index in [0.717, 1.165) is 16.5 Å². The van der Waals surface area contributed by atoms with E-state index in [-0.39, 0.29) is 5.75 Å². The van der Waals surface area contributed by atoms with Crippen LogP contribution in [0.15, 0.2) is 28.7 Å². The SMILES string of the molecule is CCCCS(=O)(=O)NCc1ccc(Br)cc1. The van der Waals surface area contributed by atoms with E-state index in [1.807, 2.05) is 31.2 Å². The van der Waals surface area contributed by atoms with Gasteiger partial charge in [0.25, 0.3) is 0 Å². The third kappa shape index (κ3) is 5.09. The molecule has 0 aliphatic carbocycles. The largest absolute Gasteiger partial charge is 0.212 e. The molecule has 0 radical (unpaired) electrons. The van der Waals surface area contributed by atoms with Crippen molar-refractivity contribution in [2.45, 2.75) is 26.3 Å². The van der Waals surface area contributed by atoms with Crippen LogP contribution in [0.4, 0.5) is 0 Å². The predicted octanol–water partition coefficient (Wildman–Crippen LogP) is 2.67. The van der Waals surface area contributed by atoms with E-state index in [4.69, 9.17) is 0 Å². The molecule has 0 unspecified atom stereocenters. The Morgan fingerprint density at radius 2 is 1.88 bits per heavy atom. The molecule has 0 saturated carbocycles. The third-order valence-electron chi connectivity index (χ3n) is 2.18. The summed E-state index contributed by atoms with van der Waals surface area (Å²) in [4.78, 5) is 0. The van der Waals surface area contributed by atoms with Crippen LogP contribution in [0.25, 0.3) is 0 Å². The van der Waals surface area contributed by atoms with Crippen molar-refractivity contribution >= 4 is 26.0 Å². The minimum Gasteiger partial charge on any atom is -0.212 e. The smallest absolute Gasteiger partial charge is 0.211 e. The molecule has 90 valence electrons. The van der Waals surface area contributed by atoms with Gasteiger partial charge in [0.2, 0.25) is 10.0 Å². The van der Waals surface area contributed by atoms with E-state index < -0.39 is 10.0 Å². The van der Waals surface area contributed by atoms with Crippen molar-refractivity contribution in [2.75, 3.05) is 5.75 Å². The van der Waals surface area contributed by atoms with E-state index >= 15 is 0 Å². The minimum absolute atomic E-state index is 0.208. The highest BCUT2D eigenvalue weighted by molar-refractivity contribution is 9.10. The normalized spacial score (nSPS) is 11.6. The average molecular weight is 306 g/mol. The van der Waals surface area contributed by atoms with Crippen molar-refractivity contribution < 1.29 is 8.42 Å². The van der Waals surface area contributed by atoms with Crippen LogP contribution in [0.5, 0.6) is 0 Å². The summed E-state index contributed by atoms with van der Waals surface area (Å²) in [7, 11) is -3.11. The van der Waals surface area contributed by atoms with Gasteiger partial charge in [-0.15, -0.1) is 0 Å². The van der Waals surface area contributed by atoms with E-state index in [1.54, 1.807) is 0 Å². The lowest BCUT2D eigenvalue weighted by Crippen LogP contribution is -2.25. The second-order valence-corrected chi connectivity index (χ2v) is 6.46. The van der Waals surface area contributed by atoms with Gasteiger partial charge in [-0.1, -0.05) is 41.4 Å². The van der Waals surface area contributed by atoms with E-state index in [2.05, 4.69) is 20.7 Å². The lowest BCUT2D eigenvalue weighted by molar-refractivity contribution is 0.578. The topological polar surface area (TPSA) is 46.2 Å². The third-order valence-corrected chi connectivity index (χ3v) is 4.12. The molecule has 16 heavy (non-hydrogen) atoms. The molecular formula is C11H16BrNO2S. The first-order valence-electron chi connectivity index (χ1n) is 5.25. The average Bonchev–Trinajstić information content (AvgIpc) is 2.26. The molecule has 0 amide bonds. The molecule has 0 fully saturated rings. The fourth-order valence-electron chi connectivity index (χ4n) is 1.20. The Morgan fingerprint density at radius 1 is 1.25 bits per heavy atom. The molecule has 0 aliphatic rings. The van der Waals surface area contributed by atoms with Gasteiger partial charge in [-0.25, -0.2) is 13.1 Å². The van der Waals surface area contributed by atoms with Crippen molar-refractivity contribution in [3.05, 3.63) is 34.3 Å². The Bertz CT molecular complexity index is 414. The van der Waals surface area contributed by atoms with Gasteiger partial charge in [0.1, 0.15) is 0 Å². The predicted molar refractivity (Wildman–Crippen MR) is 69.7 cm³/mol.